The summed E-state index contributed by atoms with van der Waals surface area (Å²) < 4.78 is 29.3. The van der Waals surface area contributed by atoms with Gasteiger partial charge < -0.3 is 23.2 Å². The number of fused-ring (bicyclic) bond motifs is 1. The van der Waals surface area contributed by atoms with Crippen molar-refractivity contribution in [1.82, 2.24) is 14.3 Å². The van der Waals surface area contributed by atoms with Crippen LogP contribution >= 0.6 is 34.2 Å². The normalized spacial score (nSPS) is 15.3. The summed E-state index contributed by atoms with van der Waals surface area (Å²) in [7, 11) is 2.57. The van der Waals surface area contributed by atoms with Crippen LogP contribution in [0.1, 0.15) is 73.9 Å². The van der Waals surface area contributed by atoms with Gasteiger partial charge in [0.05, 0.1) is 35.6 Å². The van der Waals surface area contributed by atoms with Crippen molar-refractivity contribution < 1.29 is 23.4 Å². The lowest BCUT2D eigenvalue weighted by Crippen LogP contribution is -2.66. The summed E-state index contributed by atoms with van der Waals surface area (Å²) in [5, 5.41) is 8.78. The van der Waals surface area contributed by atoms with Gasteiger partial charge in [-0.25, -0.2) is 4.79 Å². The van der Waals surface area contributed by atoms with Gasteiger partial charge in [0.1, 0.15) is 5.69 Å². The Morgan fingerprint density at radius 2 is 1.67 bits per heavy atom. The standard InChI is InChI=1S/C41H49ClIN3O5Si/c1-41(2,3)52(28-16-9-7-10-17-28,29-18-11-8-12-19-29)51-25-15-20-30-31-22-23-32(42)36(38(31)45(4)39(30)40(47)48-6)37-33(26-43)44-46(5)34(37)27-50-35-21-13-14-24-49-35/h7-12,16-19,22-23,35H,13-15,20-21,24-27H2,1-6H3. The zero-order chi connectivity index (χ0) is 37.0. The quantitative estimate of drug-likeness (QED) is 0.0389. The lowest BCUT2D eigenvalue weighted by atomic mass is 9.98. The fourth-order valence-electron chi connectivity index (χ4n) is 7.87. The number of methoxy groups -OCH3 is 1. The van der Waals surface area contributed by atoms with Gasteiger partial charge in [0.2, 0.25) is 0 Å². The summed E-state index contributed by atoms with van der Waals surface area (Å²) in [5.74, 6) is -0.387. The molecule has 0 spiro atoms. The second-order valence-corrected chi connectivity index (χ2v) is 19.9. The number of ether oxygens (including phenoxy) is 3. The SMILES string of the molecule is COC(=O)c1c(CCCO[Si](c2ccccc2)(c2ccccc2)C(C)(C)C)c2ccc(Cl)c(-c3c(CI)nn(C)c3COC3CCCCO3)c2n1C. The molecule has 0 amide bonds. The Hall–Kier alpha value is -3.00. The first-order valence-corrected chi connectivity index (χ1v) is 21.8. The number of esters is 1. The zero-order valence-electron chi connectivity index (χ0n) is 31.0. The van der Waals surface area contributed by atoms with Gasteiger partial charge in [0.15, 0.2) is 6.29 Å². The minimum atomic E-state index is -2.72. The minimum absolute atomic E-state index is 0.136. The van der Waals surface area contributed by atoms with Crippen molar-refractivity contribution in [2.75, 3.05) is 20.3 Å². The van der Waals surface area contributed by atoms with Crippen LogP contribution in [0.25, 0.3) is 22.0 Å². The van der Waals surface area contributed by atoms with Crippen molar-refractivity contribution in [3.05, 3.63) is 100 Å². The van der Waals surface area contributed by atoms with Crippen LogP contribution in [0.4, 0.5) is 0 Å². The molecule has 3 aromatic carbocycles. The summed E-state index contributed by atoms with van der Waals surface area (Å²) in [5.41, 5.74) is 5.89. The maximum Gasteiger partial charge on any atom is 0.354 e. The molecule has 0 saturated carbocycles. The highest BCUT2D eigenvalue weighted by atomic mass is 127. The Balaban J connectivity index is 1.39. The van der Waals surface area contributed by atoms with Crippen LogP contribution in [0, 0.1) is 0 Å². The number of hydrogen-bond acceptors (Lipinski definition) is 6. The van der Waals surface area contributed by atoms with Gasteiger partial charge in [-0.3, -0.25) is 4.68 Å². The Morgan fingerprint density at radius 3 is 2.25 bits per heavy atom. The van der Waals surface area contributed by atoms with Crippen molar-refractivity contribution in [3.8, 4) is 11.1 Å². The van der Waals surface area contributed by atoms with Crippen molar-refractivity contribution >= 4 is 69.8 Å². The molecule has 0 N–H and O–H groups in total. The Bertz CT molecular complexity index is 1960. The molecule has 1 aliphatic rings. The second-order valence-electron chi connectivity index (χ2n) is 14.4. The van der Waals surface area contributed by atoms with Crippen LogP contribution in [0.15, 0.2) is 72.8 Å². The minimum Gasteiger partial charge on any atom is -0.464 e. The number of carbonyl (C=O) groups is 1. The third-order valence-electron chi connectivity index (χ3n) is 10.3. The van der Waals surface area contributed by atoms with E-state index in [-0.39, 0.29) is 17.3 Å². The van der Waals surface area contributed by atoms with Gasteiger partial charge in [-0.1, -0.05) is 122 Å². The van der Waals surface area contributed by atoms with Crippen molar-refractivity contribution in [3.63, 3.8) is 0 Å². The number of halogens is 2. The average Bonchev–Trinajstić information content (AvgIpc) is 3.62. The van der Waals surface area contributed by atoms with E-state index >= 15 is 0 Å². The van der Waals surface area contributed by atoms with Crippen LogP contribution in [0.3, 0.4) is 0 Å². The Labute approximate surface area is 327 Å². The molecule has 0 radical (unpaired) electrons. The second kappa shape index (κ2) is 16.6. The molecular weight excluding hydrogens is 805 g/mol. The molecule has 11 heteroatoms. The number of rotatable bonds is 13. The summed E-state index contributed by atoms with van der Waals surface area (Å²) >= 11 is 9.48. The third kappa shape index (κ3) is 7.39. The van der Waals surface area contributed by atoms with E-state index in [0.717, 1.165) is 58.2 Å². The fourth-order valence-corrected chi connectivity index (χ4v) is 13.3. The van der Waals surface area contributed by atoms with E-state index < -0.39 is 8.32 Å². The molecule has 3 heterocycles. The topological polar surface area (TPSA) is 76.7 Å². The van der Waals surface area contributed by atoms with E-state index in [0.29, 0.717) is 47.8 Å². The maximum absolute atomic E-state index is 13.6. The molecule has 1 aliphatic heterocycles. The number of aromatic nitrogens is 3. The number of nitrogens with zero attached hydrogens (tertiary/aromatic N) is 3. The third-order valence-corrected chi connectivity index (χ3v) is 16.3. The smallest absolute Gasteiger partial charge is 0.354 e. The van der Waals surface area contributed by atoms with Gasteiger partial charge in [-0.15, -0.1) is 0 Å². The predicted molar refractivity (Wildman–Crippen MR) is 219 cm³/mol. The first kappa shape index (κ1) is 38.7. The highest BCUT2D eigenvalue weighted by molar-refractivity contribution is 14.1. The molecule has 6 rings (SSSR count). The summed E-state index contributed by atoms with van der Waals surface area (Å²) in [6, 6.07) is 25.3. The van der Waals surface area contributed by atoms with Gasteiger partial charge in [-0.05, 0) is 59.1 Å². The molecule has 1 atom stereocenters. The van der Waals surface area contributed by atoms with Crippen LogP contribution < -0.4 is 10.4 Å². The lowest BCUT2D eigenvalue weighted by Gasteiger charge is -2.43. The molecule has 276 valence electrons. The molecule has 1 unspecified atom stereocenters. The van der Waals surface area contributed by atoms with Crippen LogP contribution in [0.2, 0.25) is 10.1 Å². The number of benzene rings is 3. The largest absolute Gasteiger partial charge is 0.464 e. The predicted octanol–water partition coefficient (Wildman–Crippen LogP) is 8.51. The average molecular weight is 854 g/mol. The Morgan fingerprint density at radius 1 is 1.00 bits per heavy atom. The molecule has 52 heavy (non-hydrogen) atoms. The van der Waals surface area contributed by atoms with Gasteiger partial charge in [-0.2, -0.15) is 5.10 Å². The first-order valence-electron chi connectivity index (χ1n) is 18.0. The molecule has 8 nitrogen and oxygen atoms in total. The highest BCUT2D eigenvalue weighted by Gasteiger charge is 2.50. The summed E-state index contributed by atoms with van der Waals surface area (Å²) in [4.78, 5) is 13.6. The Kier molecular flexibility index (Phi) is 12.3. The zero-order valence-corrected chi connectivity index (χ0v) is 34.9. The number of alkyl halides is 1. The van der Waals surface area contributed by atoms with Crippen molar-refractivity contribution in [2.24, 2.45) is 14.1 Å². The molecular formula is C41H49ClIN3O5Si. The number of carbonyl (C=O) groups excluding carboxylic acids is 1. The molecule has 1 saturated heterocycles. The van der Waals surface area contributed by atoms with Crippen molar-refractivity contribution in [2.45, 2.75) is 75.2 Å². The van der Waals surface area contributed by atoms with Gasteiger partial charge >= 0.3 is 5.97 Å². The van der Waals surface area contributed by atoms with E-state index in [4.69, 9.17) is 35.3 Å². The van der Waals surface area contributed by atoms with Crippen molar-refractivity contribution in [1.29, 1.82) is 0 Å². The molecule has 5 aromatic rings. The van der Waals surface area contributed by atoms with Gasteiger partial charge in [0, 0.05) is 48.2 Å². The molecule has 2 aromatic heterocycles. The molecule has 1 fully saturated rings. The van der Waals surface area contributed by atoms with Crippen LogP contribution in [-0.2, 0) is 50.2 Å². The summed E-state index contributed by atoms with van der Waals surface area (Å²) in [6.45, 7) is 8.42. The van der Waals surface area contributed by atoms with E-state index in [2.05, 4.69) is 104 Å². The first-order chi connectivity index (χ1) is 25.0. The van der Waals surface area contributed by atoms with E-state index in [1.807, 2.05) is 35.5 Å². The van der Waals surface area contributed by atoms with Crippen LogP contribution in [-0.4, -0.2) is 55.2 Å². The van der Waals surface area contributed by atoms with E-state index in [1.165, 1.54) is 17.5 Å². The van der Waals surface area contributed by atoms with E-state index in [1.54, 1.807) is 0 Å². The van der Waals surface area contributed by atoms with E-state index in [9.17, 15) is 4.79 Å². The molecule has 0 bridgehead atoms. The maximum atomic E-state index is 13.6. The highest BCUT2D eigenvalue weighted by Crippen LogP contribution is 2.43. The van der Waals surface area contributed by atoms with Gasteiger partial charge in [0.25, 0.3) is 8.32 Å². The number of aryl methyl sites for hydroxylation is 3. The summed E-state index contributed by atoms with van der Waals surface area (Å²) in [6.07, 6.45) is 4.08. The lowest BCUT2D eigenvalue weighted by molar-refractivity contribution is -0.169. The van der Waals surface area contributed by atoms with Crippen LogP contribution in [0.5, 0.6) is 0 Å². The molecule has 0 aliphatic carbocycles. The monoisotopic (exact) mass is 853 g/mol. The number of hydrogen-bond donors (Lipinski definition) is 0. The fraction of sp³-hybridized carbons (Fsp3) is 0.415.